The maximum atomic E-state index is 12.7. The molecule has 3 rings (SSSR count). The highest BCUT2D eigenvalue weighted by atomic mass is 35.5. The van der Waals surface area contributed by atoms with Crippen LogP contribution in [0.15, 0.2) is 48.5 Å². The van der Waals surface area contributed by atoms with Crippen LogP contribution >= 0.6 is 11.6 Å². The number of benzene rings is 2. The van der Waals surface area contributed by atoms with Crippen molar-refractivity contribution in [2.75, 3.05) is 7.11 Å². The molecule has 0 bridgehead atoms. The molecule has 27 heavy (non-hydrogen) atoms. The normalized spacial score (nSPS) is 12.6. The number of carbonyl (C=O) groups excluding carboxylic acids is 1. The number of aromatic nitrogens is 2. The molecule has 0 aliphatic rings. The molecule has 2 aromatic carbocycles. The quantitative estimate of drug-likeness (QED) is 0.603. The highest BCUT2D eigenvalue weighted by molar-refractivity contribution is 6.31. The number of nitrogens with zero attached hydrogens (tertiary/aromatic N) is 2. The second-order valence-corrected chi connectivity index (χ2v) is 5.81. The van der Waals surface area contributed by atoms with E-state index < -0.39 is 23.8 Å². The van der Waals surface area contributed by atoms with Crippen molar-refractivity contribution in [2.24, 2.45) is 0 Å². The first kappa shape index (κ1) is 18.9. The lowest BCUT2D eigenvalue weighted by atomic mass is 10.1. The van der Waals surface area contributed by atoms with Crippen LogP contribution in [0.3, 0.4) is 0 Å². The third kappa shape index (κ3) is 4.11. The Morgan fingerprint density at radius 2 is 1.63 bits per heavy atom. The average molecular weight is 397 g/mol. The van der Waals surface area contributed by atoms with Gasteiger partial charge in [-0.3, -0.25) is 0 Å². The van der Waals surface area contributed by atoms with Crippen LogP contribution in [-0.4, -0.2) is 23.0 Å². The van der Waals surface area contributed by atoms with Gasteiger partial charge in [0.1, 0.15) is 0 Å². The summed E-state index contributed by atoms with van der Waals surface area (Å²) in [5.41, 5.74) is 0.311. The Kier molecular flexibility index (Phi) is 5.18. The zero-order valence-corrected chi connectivity index (χ0v) is 14.6. The topological polar surface area (TPSA) is 61.3 Å². The van der Waals surface area contributed by atoms with Gasteiger partial charge in [0, 0.05) is 5.56 Å². The lowest BCUT2D eigenvalue weighted by Crippen LogP contribution is -2.21. The molecule has 0 aliphatic carbocycles. The minimum Gasteiger partial charge on any atom is -0.466 e. The molecule has 9 heteroatoms. The lowest BCUT2D eigenvalue weighted by molar-refractivity contribution is -0.149. The van der Waals surface area contributed by atoms with E-state index in [1.165, 1.54) is 0 Å². The monoisotopic (exact) mass is 396 g/mol. The number of rotatable bonds is 4. The largest absolute Gasteiger partial charge is 0.466 e. The lowest BCUT2D eigenvalue weighted by Gasteiger charge is -2.18. The predicted octanol–water partition coefficient (Wildman–Crippen LogP) is 4.60. The second-order valence-electron chi connectivity index (χ2n) is 5.45. The summed E-state index contributed by atoms with van der Waals surface area (Å²) in [6.07, 6.45) is -5.85. The van der Waals surface area contributed by atoms with Crippen LogP contribution in [-0.2, 0) is 15.7 Å². The van der Waals surface area contributed by atoms with Gasteiger partial charge in [0.25, 0.3) is 5.88 Å². The Labute approximate surface area is 156 Å². The molecule has 1 aromatic heterocycles. The number of alkyl halides is 3. The third-order valence-electron chi connectivity index (χ3n) is 3.68. The van der Waals surface area contributed by atoms with E-state index in [1.807, 2.05) is 0 Å². The molecule has 3 aromatic rings. The summed E-state index contributed by atoms with van der Waals surface area (Å²) >= 11 is 6.07. The van der Waals surface area contributed by atoms with Crippen molar-refractivity contribution in [3.63, 3.8) is 0 Å². The molecule has 1 atom stereocenters. The Bertz CT molecular complexity index is 978. The van der Waals surface area contributed by atoms with Gasteiger partial charge in [0.05, 0.1) is 23.7 Å². The average Bonchev–Trinajstić information content (AvgIpc) is 2.65. The van der Waals surface area contributed by atoms with Crippen molar-refractivity contribution >= 4 is 28.6 Å². The number of fused-ring (bicyclic) bond motifs is 1. The van der Waals surface area contributed by atoms with Gasteiger partial charge in [0.2, 0.25) is 6.10 Å². The van der Waals surface area contributed by atoms with Gasteiger partial charge >= 0.3 is 12.1 Å². The first-order valence-corrected chi connectivity index (χ1v) is 8.01. The van der Waals surface area contributed by atoms with Gasteiger partial charge in [-0.2, -0.15) is 13.2 Å². The highest BCUT2D eigenvalue weighted by Gasteiger charge is 2.32. The van der Waals surface area contributed by atoms with E-state index >= 15 is 0 Å². The fourth-order valence-electron chi connectivity index (χ4n) is 2.36. The van der Waals surface area contributed by atoms with Crippen molar-refractivity contribution in [3.8, 4) is 5.88 Å². The number of methoxy groups -OCH3 is 1. The van der Waals surface area contributed by atoms with Gasteiger partial charge in [0.15, 0.2) is 5.15 Å². The summed E-state index contributed by atoms with van der Waals surface area (Å²) in [5, 5.41) is -0.0884. The Morgan fingerprint density at radius 1 is 1.04 bits per heavy atom. The summed E-state index contributed by atoms with van der Waals surface area (Å²) in [5.74, 6) is -0.952. The van der Waals surface area contributed by atoms with Gasteiger partial charge in [-0.15, -0.1) is 0 Å². The zero-order chi connectivity index (χ0) is 19.6. The Hall–Kier alpha value is -2.87. The van der Waals surface area contributed by atoms with E-state index in [1.54, 1.807) is 24.3 Å². The Balaban J connectivity index is 1.97. The maximum absolute atomic E-state index is 12.7. The van der Waals surface area contributed by atoms with Crippen LogP contribution in [0.4, 0.5) is 13.2 Å². The maximum Gasteiger partial charge on any atom is 0.416 e. The molecule has 0 N–H and O–H groups in total. The zero-order valence-electron chi connectivity index (χ0n) is 13.8. The van der Waals surface area contributed by atoms with Crippen LogP contribution in [0.2, 0.25) is 5.15 Å². The van der Waals surface area contributed by atoms with Crippen LogP contribution < -0.4 is 4.74 Å². The minimum absolute atomic E-state index is 0.0884. The molecule has 0 saturated heterocycles. The second kappa shape index (κ2) is 7.40. The van der Waals surface area contributed by atoms with Crippen molar-refractivity contribution in [1.29, 1.82) is 0 Å². The van der Waals surface area contributed by atoms with Crippen LogP contribution in [0.25, 0.3) is 11.0 Å². The van der Waals surface area contributed by atoms with Crippen LogP contribution in [0.1, 0.15) is 17.2 Å². The number of halogens is 4. The summed E-state index contributed by atoms with van der Waals surface area (Å²) < 4.78 is 48.4. The molecule has 1 heterocycles. The van der Waals surface area contributed by atoms with E-state index in [-0.39, 0.29) is 16.6 Å². The number of hydrogen-bond acceptors (Lipinski definition) is 5. The molecular weight excluding hydrogens is 385 g/mol. The fraction of sp³-hybridized carbons (Fsp3) is 0.167. The van der Waals surface area contributed by atoms with Gasteiger partial charge in [-0.05, 0) is 24.3 Å². The van der Waals surface area contributed by atoms with Crippen LogP contribution in [0, 0.1) is 0 Å². The van der Waals surface area contributed by atoms with E-state index in [4.69, 9.17) is 16.3 Å². The van der Waals surface area contributed by atoms with E-state index in [9.17, 15) is 18.0 Å². The van der Waals surface area contributed by atoms with Crippen molar-refractivity contribution in [3.05, 3.63) is 64.8 Å². The summed E-state index contributed by atoms with van der Waals surface area (Å²) in [6.45, 7) is 0. The number of ether oxygens (including phenoxy) is 2. The van der Waals surface area contributed by atoms with E-state index in [0.717, 1.165) is 31.4 Å². The van der Waals surface area contributed by atoms with Crippen molar-refractivity contribution in [2.45, 2.75) is 12.3 Å². The molecule has 0 spiro atoms. The summed E-state index contributed by atoms with van der Waals surface area (Å²) in [7, 11) is 1.14. The van der Waals surface area contributed by atoms with E-state index in [0.29, 0.717) is 11.0 Å². The molecule has 0 aliphatic heterocycles. The SMILES string of the molecule is COC(=O)C(Oc1nc2ccccc2nc1Cl)c1ccc(C(F)(F)F)cc1. The minimum atomic E-state index is -4.49. The first-order chi connectivity index (χ1) is 12.8. The molecule has 0 fully saturated rings. The number of para-hydroxylation sites is 2. The molecule has 0 saturated carbocycles. The van der Waals surface area contributed by atoms with E-state index in [2.05, 4.69) is 14.7 Å². The van der Waals surface area contributed by atoms with Gasteiger partial charge in [-0.1, -0.05) is 35.9 Å². The fourth-order valence-corrected chi connectivity index (χ4v) is 2.53. The molecule has 0 radical (unpaired) electrons. The molecule has 1 unspecified atom stereocenters. The predicted molar refractivity (Wildman–Crippen MR) is 91.4 cm³/mol. The van der Waals surface area contributed by atoms with Crippen molar-refractivity contribution in [1.82, 2.24) is 9.97 Å². The van der Waals surface area contributed by atoms with Gasteiger partial charge < -0.3 is 9.47 Å². The highest BCUT2D eigenvalue weighted by Crippen LogP contribution is 2.32. The number of hydrogen-bond donors (Lipinski definition) is 0. The molecule has 140 valence electrons. The smallest absolute Gasteiger partial charge is 0.416 e. The van der Waals surface area contributed by atoms with Crippen molar-refractivity contribution < 1.29 is 27.4 Å². The summed E-state index contributed by atoms with van der Waals surface area (Å²) in [4.78, 5) is 20.5. The van der Waals surface area contributed by atoms with Gasteiger partial charge in [-0.25, -0.2) is 14.8 Å². The Morgan fingerprint density at radius 3 is 2.19 bits per heavy atom. The number of esters is 1. The number of carbonyl (C=O) groups is 1. The standard InChI is InChI=1S/C18H12ClF3N2O3/c1-26-17(25)14(10-6-8-11(9-7-10)18(20,21)22)27-16-15(19)23-12-4-2-3-5-13(12)24-16/h2-9,14H,1H3. The summed E-state index contributed by atoms with van der Waals surface area (Å²) in [6, 6.07) is 10.8. The third-order valence-corrected chi connectivity index (χ3v) is 3.93. The molecule has 5 nitrogen and oxygen atoms in total. The van der Waals surface area contributed by atoms with Crippen LogP contribution in [0.5, 0.6) is 5.88 Å². The molecular formula is C18H12ClF3N2O3. The molecule has 0 amide bonds. The first-order valence-electron chi connectivity index (χ1n) is 7.63.